The lowest BCUT2D eigenvalue weighted by Gasteiger charge is -2.27. The highest BCUT2D eigenvalue weighted by Crippen LogP contribution is 2.44. The van der Waals surface area contributed by atoms with Crippen molar-refractivity contribution in [3.63, 3.8) is 0 Å². The maximum Gasteiger partial charge on any atom is 0.317 e. The van der Waals surface area contributed by atoms with Crippen molar-refractivity contribution < 1.29 is 9.53 Å². The van der Waals surface area contributed by atoms with E-state index in [2.05, 4.69) is 12.2 Å². The van der Waals surface area contributed by atoms with Crippen molar-refractivity contribution in [1.29, 1.82) is 0 Å². The molecule has 0 bridgehead atoms. The number of morpholine rings is 1. The molecule has 1 saturated heterocycles. The Morgan fingerprint density at radius 2 is 2.07 bits per heavy atom. The zero-order chi connectivity index (χ0) is 10.0. The first-order chi connectivity index (χ1) is 6.70. The first-order valence-electron chi connectivity index (χ1n) is 5.30. The molecule has 2 amide bonds. The summed E-state index contributed by atoms with van der Waals surface area (Å²) in [6.45, 7) is 5.83. The van der Waals surface area contributed by atoms with Gasteiger partial charge >= 0.3 is 6.03 Å². The number of hydrogen-bond acceptors (Lipinski definition) is 2. The van der Waals surface area contributed by atoms with E-state index in [4.69, 9.17) is 4.74 Å². The standard InChI is InChI=1S/C10H18N2O2/c1-10(2-3-10)8-11-9(13)12-4-6-14-7-5-12/h2-8H2,1H3,(H,11,13). The quantitative estimate of drug-likeness (QED) is 0.714. The lowest BCUT2D eigenvalue weighted by atomic mass is 10.1. The lowest BCUT2D eigenvalue weighted by molar-refractivity contribution is 0.0529. The summed E-state index contributed by atoms with van der Waals surface area (Å²) in [5.74, 6) is 0. The van der Waals surface area contributed by atoms with Crippen LogP contribution in [0.2, 0.25) is 0 Å². The zero-order valence-corrected chi connectivity index (χ0v) is 8.71. The fourth-order valence-electron chi connectivity index (χ4n) is 1.56. The van der Waals surface area contributed by atoms with Gasteiger partial charge in [-0.2, -0.15) is 0 Å². The van der Waals surface area contributed by atoms with Crippen LogP contribution >= 0.6 is 0 Å². The SMILES string of the molecule is CC1(CNC(=O)N2CCOCC2)CC1. The van der Waals surface area contributed by atoms with Crippen molar-refractivity contribution in [2.24, 2.45) is 5.41 Å². The molecule has 2 rings (SSSR count). The molecule has 1 aliphatic carbocycles. The third-order valence-electron chi connectivity index (χ3n) is 3.07. The van der Waals surface area contributed by atoms with Crippen LogP contribution in [-0.4, -0.2) is 43.8 Å². The van der Waals surface area contributed by atoms with Crippen molar-refractivity contribution >= 4 is 6.03 Å². The summed E-state index contributed by atoms with van der Waals surface area (Å²) in [5.41, 5.74) is 0.391. The molecule has 2 fully saturated rings. The van der Waals surface area contributed by atoms with E-state index >= 15 is 0 Å². The minimum Gasteiger partial charge on any atom is -0.378 e. The van der Waals surface area contributed by atoms with Crippen molar-refractivity contribution in [1.82, 2.24) is 10.2 Å². The van der Waals surface area contributed by atoms with Gasteiger partial charge in [-0.15, -0.1) is 0 Å². The number of hydrogen-bond donors (Lipinski definition) is 1. The van der Waals surface area contributed by atoms with Gasteiger partial charge in [0, 0.05) is 19.6 Å². The van der Waals surface area contributed by atoms with E-state index < -0.39 is 0 Å². The van der Waals surface area contributed by atoms with Gasteiger partial charge in [0.25, 0.3) is 0 Å². The molecular formula is C10H18N2O2. The second kappa shape index (κ2) is 3.77. The van der Waals surface area contributed by atoms with Gasteiger partial charge in [-0.3, -0.25) is 0 Å². The van der Waals surface area contributed by atoms with Gasteiger partial charge in [-0.1, -0.05) is 6.92 Å². The van der Waals surface area contributed by atoms with Crippen LogP contribution in [0.1, 0.15) is 19.8 Å². The highest BCUT2D eigenvalue weighted by atomic mass is 16.5. The van der Waals surface area contributed by atoms with Crippen molar-refractivity contribution in [2.75, 3.05) is 32.8 Å². The molecule has 1 N–H and O–H groups in total. The second-order valence-corrected chi connectivity index (χ2v) is 4.57. The van der Waals surface area contributed by atoms with Crippen LogP contribution in [0, 0.1) is 5.41 Å². The van der Waals surface area contributed by atoms with Crippen molar-refractivity contribution in [3.8, 4) is 0 Å². The topological polar surface area (TPSA) is 41.6 Å². The molecule has 2 aliphatic rings. The summed E-state index contributed by atoms with van der Waals surface area (Å²) in [5, 5.41) is 2.99. The maximum atomic E-state index is 11.6. The largest absolute Gasteiger partial charge is 0.378 e. The van der Waals surface area contributed by atoms with Gasteiger partial charge in [-0.25, -0.2) is 4.79 Å². The van der Waals surface area contributed by atoms with Crippen LogP contribution in [0.4, 0.5) is 4.79 Å². The Balaban J connectivity index is 1.71. The predicted molar refractivity (Wildman–Crippen MR) is 53.1 cm³/mol. The first kappa shape index (κ1) is 9.77. The normalized spacial score (nSPS) is 24.5. The van der Waals surface area contributed by atoms with E-state index in [1.807, 2.05) is 4.90 Å². The Bertz CT molecular complexity index is 220. The number of rotatable bonds is 2. The lowest BCUT2D eigenvalue weighted by Crippen LogP contribution is -2.47. The summed E-state index contributed by atoms with van der Waals surface area (Å²) in [7, 11) is 0. The zero-order valence-electron chi connectivity index (χ0n) is 8.71. The van der Waals surface area contributed by atoms with E-state index in [-0.39, 0.29) is 6.03 Å². The fourth-order valence-corrected chi connectivity index (χ4v) is 1.56. The first-order valence-corrected chi connectivity index (χ1v) is 5.30. The molecule has 0 aromatic carbocycles. The molecule has 0 aromatic heterocycles. The van der Waals surface area contributed by atoms with E-state index in [0.717, 1.165) is 19.6 Å². The molecule has 1 heterocycles. The summed E-state index contributed by atoms with van der Waals surface area (Å²) in [4.78, 5) is 13.5. The van der Waals surface area contributed by atoms with Gasteiger partial charge < -0.3 is 15.0 Å². The monoisotopic (exact) mass is 198 g/mol. The number of ether oxygens (including phenoxy) is 1. The van der Waals surface area contributed by atoms with Gasteiger partial charge in [0.05, 0.1) is 13.2 Å². The van der Waals surface area contributed by atoms with Gasteiger partial charge in [0.15, 0.2) is 0 Å². The van der Waals surface area contributed by atoms with E-state index in [0.29, 0.717) is 18.6 Å². The Labute approximate surface area is 84.6 Å². The van der Waals surface area contributed by atoms with Gasteiger partial charge in [0.2, 0.25) is 0 Å². The molecule has 0 spiro atoms. The molecule has 0 atom stereocenters. The minimum atomic E-state index is 0.0708. The van der Waals surface area contributed by atoms with Crippen LogP contribution in [0.3, 0.4) is 0 Å². The average Bonchev–Trinajstić information content (AvgIpc) is 2.95. The number of urea groups is 1. The maximum absolute atomic E-state index is 11.6. The predicted octanol–water partition coefficient (Wildman–Crippen LogP) is 0.828. The van der Waals surface area contributed by atoms with E-state index in [1.165, 1.54) is 12.8 Å². The number of carbonyl (C=O) groups excluding carboxylic acids is 1. The average molecular weight is 198 g/mol. The molecule has 4 nitrogen and oxygen atoms in total. The molecule has 0 radical (unpaired) electrons. The highest BCUT2D eigenvalue weighted by molar-refractivity contribution is 5.74. The Hall–Kier alpha value is -0.770. The summed E-state index contributed by atoms with van der Waals surface area (Å²) >= 11 is 0. The summed E-state index contributed by atoms with van der Waals surface area (Å²) < 4.78 is 5.19. The Kier molecular flexibility index (Phi) is 2.63. The molecule has 1 saturated carbocycles. The molecule has 4 heteroatoms. The van der Waals surface area contributed by atoms with E-state index in [1.54, 1.807) is 0 Å². The third-order valence-corrected chi connectivity index (χ3v) is 3.07. The smallest absolute Gasteiger partial charge is 0.317 e. The van der Waals surface area contributed by atoms with Crippen molar-refractivity contribution in [3.05, 3.63) is 0 Å². The van der Waals surface area contributed by atoms with Crippen LogP contribution in [-0.2, 0) is 4.74 Å². The molecule has 80 valence electrons. The minimum absolute atomic E-state index is 0.0708. The highest BCUT2D eigenvalue weighted by Gasteiger charge is 2.37. The fraction of sp³-hybridized carbons (Fsp3) is 0.900. The third kappa shape index (κ3) is 2.38. The number of amides is 2. The molecule has 14 heavy (non-hydrogen) atoms. The summed E-state index contributed by atoms with van der Waals surface area (Å²) in [6, 6.07) is 0.0708. The number of carbonyl (C=O) groups is 1. The Morgan fingerprint density at radius 3 is 2.64 bits per heavy atom. The van der Waals surface area contributed by atoms with Crippen molar-refractivity contribution in [2.45, 2.75) is 19.8 Å². The second-order valence-electron chi connectivity index (χ2n) is 4.57. The van der Waals surface area contributed by atoms with Crippen LogP contribution < -0.4 is 5.32 Å². The summed E-state index contributed by atoms with van der Waals surface area (Å²) in [6.07, 6.45) is 2.49. The van der Waals surface area contributed by atoms with Crippen LogP contribution in [0.15, 0.2) is 0 Å². The van der Waals surface area contributed by atoms with Gasteiger partial charge in [0.1, 0.15) is 0 Å². The molecular weight excluding hydrogens is 180 g/mol. The Morgan fingerprint density at radius 1 is 1.43 bits per heavy atom. The number of nitrogens with one attached hydrogen (secondary N) is 1. The van der Waals surface area contributed by atoms with Crippen LogP contribution in [0.5, 0.6) is 0 Å². The van der Waals surface area contributed by atoms with Gasteiger partial charge in [-0.05, 0) is 18.3 Å². The van der Waals surface area contributed by atoms with E-state index in [9.17, 15) is 4.79 Å². The molecule has 0 aromatic rings. The molecule has 0 unspecified atom stereocenters. The van der Waals surface area contributed by atoms with Crippen LogP contribution in [0.25, 0.3) is 0 Å². The molecule has 1 aliphatic heterocycles. The number of nitrogens with zero attached hydrogens (tertiary/aromatic N) is 1.